The van der Waals surface area contributed by atoms with Crippen LogP contribution in [0.15, 0.2) is 48.5 Å². The molecule has 0 spiro atoms. The average Bonchev–Trinajstić information content (AvgIpc) is 3.11. The van der Waals surface area contributed by atoms with Crippen molar-refractivity contribution in [1.82, 2.24) is 0 Å². The molecular weight excluding hydrogens is 419 g/mol. The fourth-order valence-electron chi connectivity index (χ4n) is 2.49. The monoisotopic (exact) mass is 436 g/mol. The summed E-state index contributed by atoms with van der Waals surface area (Å²) in [6.45, 7) is 0.640. The Balaban J connectivity index is 1.61. The molecule has 24 heavy (non-hydrogen) atoms. The molecule has 1 aliphatic rings. The van der Waals surface area contributed by atoms with Gasteiger partial charge in [0, 0.05) is 21.6 Å². The third-order valence-corrected chi connectivity index (χ3v) is 4.69. The van der Waals surface area contributed by atoms with E-state index < -0.39 is 0 Å². The summed E-state index contributed by atoms with van der Waals surface area (Å²) in [6.07, 6.45) is 1.32. The highest BCUT2D eigenvalue weighted by Crippen LogP contribution is 2.19. The van der Waals surface area contributed by atoms with Gasteiger partial charge in [-0.05, 0) is 71.8 Å². The fraction of sp³-hybridized carbons (Fsp3) is 0.222. The Hall–Kier alpha value is -1.93. The first-order valence-electron chi connectivity index (χ1n) is 7.72. The van der Waals surface area contributed by atoms with Gasteiger partial charge in [-0.15, -0.1) is 0 Å². The van der Waals surface area contributed by atoms with E-state index in [9.17, 15) is 9.59 Å². The molecular formula is C18H17IN2O3. The van der Waals surface area contributed by atoms with Crippen LogP contribution < -0.4 is 10.6 Å². The van der Waals surface area contributed by atoms with Gasteiger partial charge in [0.2, 0.25) is 0 Å². The van der Waals surface area contributed by atoms with Crippen LogP contribution in [0.25, 0.3) is 0 Å². The second-order valence-electron chi connectivity index (χ2n) is 5.50. The zero-order chi connectivity index (χ0) is 16.9. The highest BCUT2D eigenvalue weighted by molar-refractivity contribution is 14.1. The number of carbonyl (C=O) groups is 2. The zero-order valence-corrected chi connectivity index (χ0v) is 15.1. The number of nitrogens with one attached hydrogen (secondary N) is 2. The number of rotatable bonds is 4. The molecule has 3 rings (SSSR count). The maximum atomic E-state index is 12.3. The molecule has 1 saturated heterocycles. The van der Waals surface area contributed by atoms with Crippen LogP contribution in [0.1, 0.15) is 23.2 Å². The second-order valence-corrected chi connectivity index (χ2v) is 6.66. The molecule has 2 aromatic rings. The number of hydrogen-bond acceptors (Lipinski definition) is 3. The van der Waals surface area contributed by atoms with Crippen LogP contribution in [-0.4, -0.2) is 24.5 Å². The van der Waals surface area contributed by atoms with Gasteiger partial charge in [0.25, 0.3) is 11.8 Å². The number of anilines is 2. The van der Waals surface area contributed by atoms with Crippen molar-refractivity contribution in [3.63, 3.8) is 0 Å². The molecule has 5 nitrogen and oxygen atoms in total. The van der Waals surface area contributed by atoms with Crippen LogP contribution in [0, 0.1) is 3.57 Å². The molecule has 6 heteroatoms. The Bertz CT molecular complexity index is 740. The van der Waals surface area contributed by atoms with Crippen LogP contribution >= 0.6 is 22.6 Å². The fourth-order valence-corrected chi connectivity index (χ4v) is 3.12. The zero-order valence-electron chi connectivity index (χ0n) is 12.9. The average molecular weight is 436 g/mol. The van der Waals surface area contributed by atoms with Gasteiger partial charge in [-0.3, -0.25) is 9.59 Å². The lowest BCUT2D eigenvalue weighted by Gasteiger charge is -2.11. The van der Waals surface area contributed by atoms with Crippen LogP contribution in [0.5, 0.6) is 0 Å². The largest absolute Gasteiger partial charge is 0.368 e. The number of carbonyl (C=O) groups excluding carboxylic acids is 2. The summed E-state index contributed by atoms with van der Waals surface area (Å²) in [6, 6.07) is 14.5. The van der Waals surface area contributed by atoms with E-state index in [1.807, 2.05) is 18.2 Å². The normalized spacial score (nSPS) is 16.6. The quantitative estimate of drug-likeness (QED) is 0.720. The van der Waals surface area contributed by atoms with Crippen molar-refractivity contribution in [1.29, 1.82) is 0 Å². The van der Waals surface area contributed by atoms with Crippen molar-refractivity contribution in [3.8, 4) is 0 Å². The predicted molar refractivity (Wildman–Crippen MR) is 101 cm³/mol. The summed E-state index contributed by atoms with van der Waals surface area (Å²) < 4.78 is 6.25. The molecule has 0 unspecified atom stereocenters. The standard InChI is InChI=1S/C18H17IN2O3/c19-15-5-2-1-4-14(15)17(22)20-12-7-9-13(10-8-12)21-18(23)16-6-3-11-24-16/h1-2,4-5,7-10,16H,3,6,11H2,(H,20,22)(H,21,23)/t16-/m0/s1. The molecule has 1 heterocycles. The SMILES string of the molecule is O=C(Nc1ccc(NC(=O)[C@@H]2CCCO2)cc1)c1ccccc1I. The third kappa shape index (κ3) is 4.12. The van der Waals surface area contributed by atoms with Crippen molar-refractivity contribution in [3.05, 3.63) is 57.7 Å². The Morgan fingerprint density at radius 1 is 1.00 bits per heavy atom. The molecule has 0 saturated carbocycles. The van der Waals surface area contributed by atoms with Gasteiger partial charge >= 0.3 is 0 Å². The first-order valence-corrected chi connectivity index (χ1v) is 8.80. The summed E-state index contributed by atoms with van der Waals surface area (Å²) >= 11 is 2.13. The summed E-state index contributed by atoms with van der Waals surface area (Å²) in [5.74, 6) is -0.278. The highest BCUT2D eigenvalue weighted by atomic mass is 127. The minimum atomic E-state index is -0.357. The van der Waals surface area contributed by atoms with Gasteiger partial charge in [-0.2, -0.15) is 0 Å². The summed E-state index contributed by atoms with van der Waals surface area (Å²) in [5, 5.41) is 5.68. The van der Waals surface area contributed by atoms with Crippen molar-refractivity contribution >= 4 is 45.8 Å². The molecule has 1 fully saturated rings. The molecule has 124 valence electrons. The molecule has 0 radical (unpaired) electrons. The Labute approximate surface area is 153 Å². The third-order valence-electron chi connectivity index (χ3n) is 3.75. The molecule has 0 aromatic heterocycles. The summed E-state index contributed by atoms with van der Waals surface area (Å²) in [5.41, 5.74) is 1.99. The number of halogens is 1. The first-order chi connectivity index (χ1) is 11.6. The summed E-state index contributed by atoms with van der Waals surface area (Å²) in [4.78, 5) is 24.3. The first kappa shape index (κ1) is 16.9. The Kier molecular flexibility index (Phi) is 5.47. The Morgan fingerprint density at radius 3 is 2.29 bits per heavy atom. The molecule has 2 aromatic carbocycles. The van der Waals surface area contributed by atoms with E-state index in [0.717, 1.165) is 16.4 Å². The van der Waals surface area contributed by atoms with Gasteiger partial charge in [0.1, 0.15) is 6.10 Å². The minimum absolute atomic E-state index is 0.122. The van der Waals surface area contributed by atoms with E-state index in [0.29, 0.717) is 23.5 Å². The number of benzene rings is 2. The molecule has 1 atom stereocenters. The van der Waals surface area contributed by atoms with E-state index in [2.05, 4.69) is 33.2 Å². The van der Waals surface area contributed by atoms with Crippen LogP contribution in [0.2, 0.25) is 0 Å². The summed E-state index contributed by atoms with van der Waals surface area (Å²) in [7, 11) is 0. The predicted octanol–water partition coefficient (Wildman–Crippen LogP) is 3.66. The van der Waals surface area contributed by atoms with Gasteiger partial charge in [-0.25, -0.2) is 0 Å². The maximum Gasteiger partial charge on any atom is 0.256 e. The van der Waals surface area contributed by atoms with Gasteiger partial charge in [-0.1, -0.05) is 12.1 Å². The van der Waals surface area contributed by atoms with Gasteiger partial charge < -0.3 is 15.4 Å². The molecule has 2 amide bonds. The lowest BCUT2D eigenvalue weighted by Crippen LogP contribution is -2.26. The van der Waals surface area contributed by atoms with E-state index >= 15 is 0 Å². The lowest BCUT2D eigenvalue weighted by molar-refractivity contribution is -0.124. The topological polar surface area (TPSA) is 67.4 Å². The number of ether oxygens (including phenoxy) is 1. The van der Waals surface area contributed by atoms with E-state index in [1.54, 1.807) is 30.3 Å². The van der Waals surface area contributed by atoms with Crippen molar-refractivity contribution in [2.45, 2.75) is 18.9 Å². The molecule has 0 bridgehead atoms. The number of amides is 2. The second kappa shape index (κ2) is 7.76. The minimum Gasteiger partial charge on any atom is -0.368 e. The van der Waals surface area contributed by atoms with Crippen molar-refractivity contribution in [2.75, 3.05) is 17.2 Å². The number of hydrogen-bond donors (Lipinski definition) is 2. The van der Waals surface area contributed by atoms with Crippen molar-refractivity contribution in [2.24, 2.45) is 0 Å². The van der Waals surface area contributed by atoms with Gasteiger partial charge in [0.05, 0.1) is 5.56 Å². The van der Waals surface area contributed by atoms with E-state index in [1.165, 1.54) is 0 Å². The molecule has 1 aliphatic heterocycles. The maximum absolute atomic E-state index is 12.3. The molecule has 0 aliphatic carbocycles. The Morgan fingerprint density at radius 2 is 1.67 bits per heavy atom. The van der Waals surface area contributed by atoms with Crippen LogP contribution in [-0.2, 0) is 9.53 Å². The highest BCUT2D eigenvalue weighted by Gasteiger charge is 2.23. The van der Waals surface area contributed by atoms with Gasteiger partial charge in [0.15, 0.2) is 0 Å². The smallest absolute Gasteiger partial charge is 0.256 e. The van der Waals surface area contributed by atoms with Crippen LogP contribution in [0.4, 0.5) is 11.4 Å². The molecule has 2 N–H and O–H groups in total. The van der Waals surface area contributed by atoms with Crippen molar-refractivity contribution < 1.29 is 14.3 Å². The van der Waals surface area contributed by atoms with E-state index in [-0.39, 0.29) is 17.9 Å². The van der Waals surface area contributed by atoms with Crippen LogP contribution in [0.3, 0.4) is 0 Å². The lowest BCUT2D eigenvalue weighted by atomic mass is 10.2. The van der Waals surface area contributed by atoms with E-state index in [4.69, 9.17) is 4.74 Å².